The quantitative estimate of drug-likeness (QED) is 0.586. The van der Waals surface area contributed by atoms with E-state index < -0.39 is 12.0 Å². The molecule has 0 aromatic heterocycles. The zero-order valence-electron chi connectivity index (χ0n) is 7.93. The van der Waals surface area contributed by atoms with E-state index in [2.05, 4.69) is 5.11 Å². The number of nitrogens with one attached hydrogen (secondary N) is 1. The van der Waals surface area contributed by atoms with Crippen LogP contribution in [0.3, 0.4) is 0 Å². The highest BCUT2D eigenvalue weighted by molar-refractivity contribution is 5.75. The first-order chi connectivity index (χ1) is 6.74. The van der Waals surface area contributed by atoms with Crippen LogP contribution in [0.25, 0.3) is 0 Å². The molecule has 0 aliphatic heterocycles. The van der Waals surface area contributed by atoms with Crippen molar-refractivity contribution in [3.8, 4) is 0 Å². The van der Waals surface area contributed by atoms with Gasteiger partial charge in [-0.3, -0.25) is 0 Å². The van der Waals surface area contributed by atoms with Crippen LogP contribution in [0.1, 0.15) is 12.5 Å². The molecule has 4 nitrogen and oxygen atoms in total. The molecule has 1 atom stereocenters. The molecule has 1 aromatic carbocycles. The van der Waals surface area contributed by atoms with Gasteiger partial charge in [0.2, 0.25) is 0 Å². The number of nitrogens with zero attached hydrogens (tertiary/aromatic N) is 1. The summed E-state index contributed by atoms with van der Waals surface area (Å²) in [5.41, 5.74) is 7.58. The van der Waals surface area contributed by atoms with Crippen LogP contribution >= 0.6 is 0 Å². The molecule has 0 spiro atoms. The molecule has 0 bridgehead atoms. The maximum Gasteiger partial charge on any atom is 0.332 e. The maximum atomic E-state index is 11.1. The van der Waals surface area contributed by atoms with Crippen molar-refractivity contribution in [2.45, 2.75) is 19.6 Å². The first kappa shape index (κ1) is 10.4. The van der Waals surface area contributed by atoms with Crippen molar-refractivity contribution in [1.29, 1.82) is 5.53 Å². The van der Waals surface area contributed by atoms with Crippen LogP contribution in [-0.4, -0.2) is 12.0 Å². The normalized spacial score (nSPS) is 11.8. The summed E-state index contributed by atoms with van der Waals surface area (Å²) in [6, 6.07) is 8.68. The van der Waals surface area contributed by atoms with Gasteiger partial charge in [0.05, 0.1) is 0 Å². The fraction of sp³-hybridized carbons (Fsp3) is 0.300. The average molecular weight is 192 g/mol. The Hall–Kier alpha value is -1.71. The second-order valence-electron chi connectivity index (χ2n) is 2.90. The molecular formula is C10H12N2O2. The number of ether oxygens (including phenoxy) is 1. The minimum Gasteiger partial charge on any atom is -0.459 e. The van der Waals surface area contributed by atoms with Crippen LogP contribution < -0.4 is 0 Å². The zero-order chi connectivity index (χ0) is 10.4. The van der Waals surface area contributed by atoms with Gasteiger partial charge < -0.3 is 4.74 Å². The van der Waals surface area contributed by atoms with Gasteiger partial charge in [0.15, 0.2) is 6.04 Å². The van der Waals surface area contributed by atoms with Gasteiger partial charge in [-0.05, 0) is 12.5 Å². The van der Waals surface area contributed by atoms with E-state index in [9.17, 15) is 4.79 Å². The summed E-state index contributed by atoms with van der Waals surface area (Å²) in [4.78, 5) is 11.1. The lowest BCUT2D eigenvalue weighted by Gasteiger charge is -2.05. The summed E-state index contributed by atoms with van der Waals surface area (Å²) < 4.78 is 4.93. The molecule has 0 aliphatic rings. The standard InChI is InChI=1S/C10H12N2O2/c1-8(12-11)10(13)14-7-9-5-3-2-4-6-9/h2-6,8,11H,7H2,1H3/t8-/m0/s1. The molecule has 1 N–H and O–H groups in total. The molecule has 74 valence electrons. The molecule has 0 saturated heterocycles. The van der Waals surface area contributed by atoms with E-state index in [1.807, 2.05) is 30.3 Å². The fourth-order valence-corrected chi connectivity index (χ4v) is 0.902. The van der Waals surface area contributed by atoms with Crippen LogP contribution in [0.15, 0.2) is 35.4 Å². The molecule has 1 rings (SSSR count). The number of hydrogen-bond acceptors (Lipinski definition) is 4. The second-order valence-corrected chi connectivity index (χ2v) is 2.90. The monoisotopic (exact) mass is 192 g/mol. The van der Waals surface area contributed by atoms with Crippen molar-refractivity contribution in [3.63, 3.8) is 0 Å². The first-order valence-electron chi connectivity index (χ1n) is 4.31. The molecule has 0 amide bonds. The van der Waals surface area contributed by atoms with E-state index >= 15 is 0 Å². The number of esters is 1. The molecule has 0 fully saturated rings. The lowest BCUT2D eigenvalue weighted by molar-refractivity contribution is -0.146. The molecule has 0 unspecified atom stereocenters. The predicted octanol–water partition coefficient (Wildman–Crippen LogP) is 2.15. The van der Waals surface area contributed by atoms with Gasteiger partial charge >= 0.3 is 5.97 Å². The minimum absolute atomic E-state index is 0.236. The summed E-state index contributed by atoms with van der Waals surface area (Å²) in [5, 5.41) is 3.08. The molecular weight excluding hydrogens is 180 g/mol. The van der Waals surface area contributed by atoms with Crippen LogP contribution in [0, 0.1) is 5.53 Å². The Kier molecular flexibility index (Phi) is 3.79. The van der Waals surface area contributed by atoms with Crippen LogP contribution in [-0.2, 0) is 16.1 Å². The lowest BCUT2D eigenvalue weighted by atomic mass is 10.2. The molecule has 1 aromatic rings. The van der Waals surface area contributed by atoms with E-state index in [1.54, 1.807) is 0 Å². The molecule has 14 heavy (non-hydrogen) atoms. The molecule has 0 aliphatic carbocycles. The number of hydrogen-bond donors (Lipinski definition) is 1. The van der Waals surface area contributed by atoms with Crippen molar-refractivity contribution in [1.82, 2.24) is 0 Å². The topological polar surface area (TPSA) is 62.5 Å². The van der Waals surface area contributed by atoms with Gasteiger partial charge in [-0.1, -0.05) is 30.3 Å². The molecule has 0 saturated carbocycles. The summed E-state index contributed by atoms with van der Waals surface area (Å²) in [6.07, 6.45) is 0. The molecule has 0 heterocycles. The smallest absolute Gasteiger partial charge is 0.332 e. The summed E-state index contributed by atoms with van der Waals surface area (Å²) in [5.74, 6) is -0.469. The molecule has 4 heteroatoms. The third-order valence-corrected chi connectivity index (χ3v) is 1.76. The number of rotatable bonds is 4. The van der Waals surface area contributed by atoms with E-state index in [1.165, 1.54) is 6.92 Å². The number of benzene rings is 1. The Balaban J connectivity index is 2.42. The Morgan fingerprint density at radius 2 is 2.14 bits per heavy atom. The lowest BCUT2D eigenvalue weighted by Crippen LogP contribution is -2.17. The third kappa shape index (κ3) is 2.97. The van der Waals surface area contributed by atoms with Crippen LogP contribution in [0.5, 0.6) is 0 Å². The summed E-state index contributed by atoms with van der Waals surface area (Å²) in [6.45, 7) is 1.76. The largest absolute Gasteiger partial charge is 0.459 e. The SMILES string of the molecule is C[C@H](N=N)C(=O)OCc1ccccc1. The highest BCUT2D eigenvalue weighted by Gasteiger charge is 2.12. The van der Waals surface area contributed by atoms with E-state index in [0.717, 1.165) is 5.56 Å². The van der Waals surface area contributed by atoms with E-state index in [-0.39, 0.29) is 6.61 Å². The van der Waals surface area contributed by atoms with E-state index in [4.69, 9.17) is 10.3 Å². The van der Waals surface area contributed by atoms with Gasteiger partial charge in [-0.2, -0.15) is 5.11 Å². The van der Waals surface area contributed by atoms with Gasteiger partial charge in [-0.25, -0.2) is 10.3 Å². The van der Waals surface area contributed by atoms with Gasteiger partial charge in [0.25, 0.3) is 0 Å². The minimum atomic E-state index is -0.710. The molecule has 0 radical (unpaired) electrons. The highest BCUT2D eigenvalue weighted by atomic mass is 16.5. The van der Waals surface area contributed by atoms with Crippen molar-refractivity contribution in [2.24, 2.45) is 5.11 Å². The zero-order valence-corrected chi connectivity index (χ0v) is 7.93. The second kappa shape index (κ2) is 5.11. The first-order valence-corrected chi connectivity index (χ1v) is 4.31. The highest BCUT2D eigenvalue weighted by Crippen LogP contribution is 2.02. The van der Waals surface area contributed by atoms with Crippen molar-refractivity contribution >= 4 is 5.97 Å². The Morgan fingerprint density at radius 1 is 1.50 bits per heavy atom. The van der Waals surface area contributed by atoms with Gasteiger partial charge in [0, 0.05) is 0 Å². The van der Waals surface area contributed by atoms with Crippen molar-refractivity contribution in [3.05, 3.63) is 35.9 Å². The van der Waals surface area contributed by atoms with Gasteiger partial charge in [-0.15, -0.1) is 0 Å². The predicted molar refractivity (Wildman–Crippen MR) is 50.8 cm³/mol. The van der Waals surface area contributed by atoms with Crippen molar-refractivity contribution < 1.29 is 9.53 Å². The summed E-state index contributed by atoms with van der Waals surface area (Å²) >= 11 is 0. The summed E-state index contributed by atoms with van der Waals surface area (Å²) in [7, 11) is 0. The van der Waals surface area contributed by atoms with Crippen LogP contribution in [0.4, 0.5) is 0 Å². The van der Waals surface area contributed by atoms with Gasteiger partial charge in [0.1, 0.15) is 6.61 Å². The number of carbonyl (C=O) groups excluding carboxylic acids is 1. The Bertz CT molecular complexity index is 311. The van der Waals surface area contributed by atoms with E-state index in [0.29, 0.717) is 0 Å². The fourth-order valence-electron chi connectivity index (χ4n) is 0.902. The van der Waals surface area contributed by atoms with Crippen LogP contribution in [0.2, 0.25) is 0 Å². The Morgan fingerprint density at radius 3 is 2.71 bits per heavy atom. The average Bonchev–Trinajstić information content (AvgIpc) is 2.26. The van der Waals surface area contributed by atoms with Crippen molar-refractivity contribution in [2.75, 3.05) is 0 Å². The third-order valence-electron chi connectivity index (χ3n) is 1.76. The number of carbonyl (C=O) groups is 1. The maximum absolute atomic E-state index is 11.1. The Labute approximate surface area is 82.4 Å².